The van der Waals surface area contributed by atoms with Gasteiger partial charge in [0.2, 0.25) is 11.9 Å². The summed E-state index contributed by atoms with van der Waals surface area (Å²) in [6.45, 7) is 7.87. The lowest BCUT2D eigenvalue weighted by Gasteiger charge is -2.39. The molecule has 0 radical (unpaired) electrons. The molecule has 6 rings (SSSR count). The summed E-state index contributed by atoms with van der Waals surface area (Å²) in [7, 11) is 2.19. The Bertz CT molecular complexity index is 1450. The highest BCUT2D eigenvalue weighted by molar-refractivity contribution is 6.43. The first-order valence-corrected chi connectivity index (χ1v) is 13.5. The molecule has 0 unspecified atom stereocenters. The maximum Gasteiger partial charge on any atom is 0.270 e. The first-order chi connectivity index (χ1) is 18.2. The molecule has 1 N–H and O–H groups in total. The van der Waals surface area contributed by atoms with Crippen molar-refractivity contribution in [2.45, 2.75) is 32.1 Å². The van der Waals surface area contributed by atoms with Crippen molar-refractivity contribution in [2.75, 3.05) is 48.3 Å². The number of benzene rings is 2. The molecule has 0 aliphatic carbocycles. The van der Waals surface area contributed by atoms with Crippen molar-refractivity contribution in [1.29, 1.82) is 0 Å². The van der Waals surface area contributed by atoms with Crippen molar-refractivity contribution in [3.8, 4) is 0 Å². The molecule has 4 heterocycles. The lowest BCUT2D eigenvalue weighted by molar-refractivity contribution is 0.1000. The summed E-state index contributed by atoms with van der Waals surface area (Å²) < 4.78 is 0. The number of aryl methyl sites for hydroxylation is 1. The Morgan fingerprint density at radius 3 is 2.50 bits per heavy atom. The van der Waals surface area contributed by atoms with E-state index >= 15 is 0 Å². The molecule has 8 nitrogen and oxygen atoms in total. The van der Waals surface area contributed by atoms with Crippen LogP contribution in [0.1, 0.15) is 41.3 Å². The molecular formula is C28H29Cl2N7O. The van der Waals surface area contributed by atoms with Gasteiger partial charge in [-0.2, -0.15) is 4.98 Å². The second-order valence-electron chi connectivity index (χ2n) is 10.5. The monoisotopic (exact) mass is 549 g/mol. The standard InChI is InChI=1S/C28H29Cl2N7O/c1-17-15-18(7-8-20(17)28(2)9-12-35(3)13-10-28)33-26-32-16-19-24(34-26)36-14-11-31-27(36)37(25(19)38)23-21(29)5-4-6-22(23)30/h4-8,15-16H,9-14H2,1-3H3,(H,32,33,34). The van der Waals surface area contributed by atoms with Crippen LogP contribution in [0.15, 0.2) is 47.6 Å². The molecule has 0 bridgehead atoms. The summed E-state index contributed by atoms with van der Waals surface area (Å²) in [5.41, 5.74) is 4.51. The van der Waals surface area contributed by atoms with Gasteiger partial charge in [0, 0.05) is 18.4 Å². The molecule has 3 aromatic rings. The van der Waals surface area contributed by atoms with E-state index in [1.54, 1.807) is 24.4 Å². The SMILES string of the molecule is Cc1cc(Nc2ncc3c(n2)N2CCN=C2N(c2c(Cl)cccc2Cl)C3=O)ccc1C1(C)CCN(C)CC1. The summed E-state index contributed by atoms with van der Waals surface area (Å²) in [5, 5.41) is 4.08. The van der Waals surface area contributed by atoms with Crippen LogP contribution in [0, 0.1) is 6.92 Å². The Balaban J connectivity index is 1.29. The van der Waals surface area contributed by atoms with Gasteiger partial charge in [0.15, 0.2) is 5.82 Å². The molecule has 38 heavy (non-hydrogen) atoms. The predicted molar refractivity (Wildman–Crippen MR) is 153 cm³/mol. The van der Waals surface area contributed by atoms with Crippen LogP contribution in [0.4, 0.5) is 23.1 Å². The van der Waals surface area contributed by atoms with Gasteiger partial charge in [-0.3, -0.25) is 14.7 Å². The molecule has 1 fully saturated rings. The number of hydrogen-bond donors (Lipinski definition) is 1. The Morgan fingerprint density at radius 1 is 1.05 bits per heavy atom. The zero-order valence-corrected chi connectivity index (χ0v) is 23.1. The van der Waals surface area contributed by atoms with Crippen LogP contribution in [0.25, 0.3) is 0 Å². The van der Waals surface area contributed by atoms with Crippen molar-refractivity contribution in [3.63, 3.8) is 0 Å². The van der Waals surface area contributed by atoms with Crippen LogP contribution in [-0.2, 0) is 5.41 Å². The van der Waals surface area contributed by atoms with Gasteiger partial charge in [0.1, 0.15) is 5.56 Å². The first kappa shape index (κ1) is 25.1. The van der Waals surface area contributed by atoms with Gasteiger partial charge in [0.25, 0.3) is 5.91 Å². The Hall–Kier alpha value is -3.20. The van der Waals surface area contributed by atoms with Gasteiger partial charge in [-0.15, -0.1) is 0 Å². The third kappa shape index (κ3) is 4.21. The molecule has 3 aliphatic heterocycles. The fourth-order valence-corrected chi connectivity index (χ4v) is 6.23. The molecule has 0 atom stereocenters. The second kappa shape index (κ2) is 9.52. The van der Waals surface area contributed by atoms with Gasteiger partial charge in [-0.05, 0) is 80.7 Å². The van der Waals surface area contributed by atoms with Gasteiger partial charge < -0.3 is 10.2 Å². The van der Waals surface area contributed by atoms with E-state index in [0.29, 0.717) is 52.1 Å². The Morgan fingerprint density at radius 2 is 1.79 bits per heavy atom. The third-order valence-electron chi connectivity index (χ3n) is 7.86. The summed E-state index contributed by atoms with van der Waals surface area (Å²) in [4.78, 5) is 33.2. The molecule has 3 aliphatic rings. The smallest absolute Gasteiger partial charge is 0.270 e. The number of aliphatic imine (C=N–C) groups is 1. The summed E-state index contributed by atoms with van der Waals surface area (Å²) in [6.07, 6.45) is 3.85. The number of nitrogens with one attached hydrogen (secondary N) is 1. The molecular weight excluding hydrogens is 521 g/mol. The van der Waals surface area contributed by atoms with E-state index in [4.69, 9.17) is 28.2 Å². The number of guanidine groups is 1. The molecule has 1 aromatic heterocycles. The maximum atomic E-state index is 13.6. The number of hydrogen-bond acceptors (Lipinski definition) is 7. The predicted octanol–water partition coefficient (Wildman–Crippen LogP) is 5.66. The minimum Gasteiger partial charge on any atom is -0.324 e. The number of rotatable bonds is 4. The summed E-state index contributed by atoms with van der Waals surface area (Å²) >= 11 is 12.9. The maximum absolute atomic E-state index is 13.6. The van der Waals surface area contributed by atoms with E-state index in [0.717, 1.165) is 31.6 Å². The molecule has 2 aromatic carbocycles. The number of likely N-dealkylation sites (tertiary alicyclic amines) is 1. The number of piperidine rings is 1. The van der Waals surface area contributed by atoms with E-state index in [9.17, 15) is 4.79 Å². The number of aromatic nitrogens is 2. The summed E-state index contributed by atoms with van der Waals surface area (Å²) in [6, 6.07) is 11.6. The Labute approximate surface area is 232 Å². The van der Waals surface area contributed by atoms with Gasteiger partial charge >= 0.3 is 0 Å². The number of fused-ring (bicyclic) bond motifs is 3. The van der Waals surface area contributed by atoms with Crippen molar-refractivity contribution >= 4 is 58.2 Å². The topological polar surface area (TPSA) is 77.0 Å². The quantitative estimate of drug-likeness (QED) is 0.452. The van der Waals surface area contributed by atoms with Crippen LogP contribution in [0.2, 0.25) is 10.0 Å². The van der Waals surface area contributed by atoms with E-state index in [-0.39, 0.29) is 11.3 Å². The van der Waals surface area contributed by atoms with Crippen LogP contribution in [0.3, 0.4) is 0 Å². The van der Waals surface area contributed by atoms with E-state index in [2.05, 4.69) is 59.3 Å². The van der Waals surface area contributed by atoms with Gasteiger partial charge in [-0.1, -0.05) is 42.3 Å². The number of amides is 1. The fourth-order valence-electron chi connectivity index (χ4n) is 5.66. The molecule has 0 spiro atoms. The van der Waals surface area contributed by atoms with E-state index < -0.39 is 0 Å². The summed E-state index contributed by atoms with van der Waals surface area (Å²) in [5.74, 6) is 1.10. The zero-order valence-electron chi connectivity index (χ0n) is 21.6. The molecule has 1 amide bonds. The average molecular weight is 550 g/mol. The first-order valence-electron chi connectivity index (χ1n) is 12.8. The lowest BCUT2D eigenvalue weighted by atomic mass is 9.73. The highest BCUT2D eigenvalue weighted by Crippen LogP contribution is 2.40. The van der Waals surface area contributed by atoms with Crippen molar-refractivity contribution < 1.29 is 4.79 Å². The number of nitrogens with zero attached hydrogens (tertiary/aromatic N) is 6. The molecule has 0 saturated carbocycles. The van der Waals surface area contributed by atoms with E-state index in [1.165, 1.54) is 16.0 Å². The van der Waals surface area contributed by atoms with Crippen LogP contribution < -0.4 is 15.1 Å². The van der Waals surface area contributed by atoms with Gasteiger partial charge in [-0.25, -0.2) is 9.88 Å². The number of halogens is 2. The normalized spacial score (nSPS) is 18.8. The molecule has 196 valence electrons. The Kier molecular flexibility index (Phi) is 6.29. The number of carbonyl (C=O) groups excluding carboxylic acids is 1. The number of anilines is 4. The zero-order chi connectivity index (χ0) is 26.6. The van der Waals surface area contributed by atoms with Crippen molar-refractivity contribution in [2.24, 2.45) is 4.99 Å². The highest BCUT2D eigenvalue weighted by atomic mass is 35.5. The number of para-hydroxylation sites is 1. The number of carbonyl (C=O) groups is 1. The second-order valence-corrected chi connectivity index (χ2v) is 11.3. The van der Waals surface area contributed by atoms with Crippen molar-refractivity contribution in [3.05, 3.63) is 69.3 Å². The largest absolute Gasteiger partial charge is 0.324 e. The van der Waals surface area contributed by atoms with E-state index in [1.807, 2.05) is 4.90 Å². The highest BCUT2D eigenvalue weighted by Gasteiger charge is 2.41. The lowest BCUT2D eigenvalue weighted by Crippen LogP contribution is -2.51. The van der Waals surface area contributed by atoms with Crippen molar-refractivity contribution in [1.82, 2.24) is 14.9 Å². The van der Waals surface area contributed by atoms with Crippen LogP contribution >= 0.6 is 23.2 Å². The molecule has 10 heteroatoms. The van der Waals surface area contributed by atoms with Crippen LogP contribution in [0.5, 0.6) is 0 Å². The minimum absolute atomic E-state index is 0.180. The fraction of sp³-hybridized carbons (Fsp3) is 0.357. The van der Waals surface area contributed by atoms with Gasteiger partial charge in [0.05, 0.1) is 22.3 Å². The third-order valence-corrected chi connectivity index (χ3v) is 8.47. The minimum atomic E-state index is -0.315. The average Bonchev–Trinajstić information content (AvgIpc) is 3.37. The molecule has 1 saturated heterocycles. The van der Waals surface area contributed by atoms with Crippen LogP contribution in [-0.4, -0.2) is 60.0 Å².